The highest BCUT2D eigenvalue weighted by Gasteiger charge is 2.14. The van der Waals surface area contributed by atoms with Gasteiger partial charge in [-0.25, -0.2) is 0 Å². The average Bonchev–Trinajstić information content (AvgIpc) is 2.56. The lowest BCUT2D eigenvalue weighted by molar-refractivity contribution is 0.102. The van der Waals surface area contributed by atoms with Gasteiger partial charge in [-0.2, -0.15) is 8.42 Å². The van der Waals surface area contributed by atoms with E-state index >= 15 is 0 Å². The zero-order valence-corrected chi connectivity index (χ0v) is 14.5. The van der Waals surface area contributed by atoms with E-state index in [1.165, 1.54) is 12.1 Å². The standard InChI is InChI=1S/C18H16N2O5S/c1-10-6-11(2-5-16(10)19)18(22)20-13-3-4-15-12(7-13)8-14(9-17(15)21)26(23,24)25/h2-9,21H,19H2,1H3,(H,20,22)(H,23,24,25). The molecule has 0 saturated carbocycles. The summed E-state index contributed by atoms with van der Waals surface area (Å²) < 4.78 is 31.8. The number of phenolic OH excluding ortho intramolecular Hbond substituents is 1. The fourth-order valence-electron chi connectivity index (χ4n) is 2.57. The lowest BCUT2D eigenvalue weighted by Crippen LogP contribution is -2.12. The van der Waals surface area contributed by atoms with Gasteiger partial charge < -0.3 is 16.2 Å². The molecule has 3 aromatic carbocycles. The summed E-state index contributed by atoms with van der Waals surface area (Å²) in [4.78, 5) is 11.9. The van der Waals surface area contributed by atoms with Gasteiger partial charge in [-0.1, -0.05) is 0 Å². The number of phenols is 1. The predicted octanol–water partition coefficient (Wildman–Crippen LogP) is 2.94. The Balaban J connectivity index is 1.98. The van der Waals surface area contributed by atoms with Crippen molar-refractivity contribution in [2.75, 3.05) is 11.1 Å². The Morgan fingerprint density at radius 2 is 1.81 bits per heavy atom. The van der Waals surface area contributed by atoms with Crippen molar-refractivity contribution >= 4 is 38.2 Å². The third-order valence-electron chi connectivity index (χ3n) is 3.99. The molecule has 1 amide bonds. The second-order valence-corrected chi connectivity index (χ2v) is 7.30. The molecular formula is C18H16N2O5S. The molecule has 8 heteroatoms. The summed E-state index contributed by atoms with van der Waals surface area (Å²) in [5, 5.41) is 13.4. The maximum atomic E-state index is 12.4. The minimum absolute atomic E-state index is 0.290. The van der Waals surface area contributed by atoms with Gasteiger partial charge in [0.15, 0.2) is 0 Å². The summed E-state index contributed by atoms with van der Waals surface area (Å²) in [5.74, 6) is -0.648. The number of nitrogen functional groups attached to an aromatic ring is 1. The number of hydrogen-bond acceptors (Lipinski definition) is 5. The van der Waals surface area contributed by atoms with Crippen molar-refractivity contribution in [3.8, 4) is 5.75 Å². The Bertz CT molecular complexity index is 1140. The van der Waals surface area contributed by atoms with E-state index in [2.05, 4.69) is 5.32 Å². The van der Waals surface area contributed by atoms with Gasteiger partial charge in [-0.15, -0.1) is 0 Å². The van der Waals surface area contributed by atoms with E-state index in [-0.39, 0.29) is 11.7 Å². The summed E-state index contributed by atoms with van der Waals surface area (Å²) in [7, 11) is -4.46. The number of nitrogens with two attached hydrogens (primary N) is 1. The molecule has 0 saturated heterocycles. The van der Waals surface area contributed by atoms with E-state index in [1.54, 1.807) is 37.3 Å². The largest absolute Gasteiger partial charge is 0.507 e. The fraction of sp³-hybridized carbons (Fsp3) is 0.0556. The Hall–Kier alpha value is -3.10. The molecule has 0 aromatic heterocycles. The van der Waals surface area contributed by atoms with Gasteiger partial charge >= 0.3 is 0 Å². The van der Waals surface area contributed by atoms with E-state index < -0.39 is 15.0 Å². The van der Waals surface area contributed by atoms with E-state index in [4.69, 9.17) is 10.3 Å². The topological polar surface area (TPSA) is 130 Å². The van der Waals surface area contributed by atoms with E-state index in [0.717, 1.165) is 11.6 Å². The molecule has 5 N–H and O–H groups in total. The number of carbonyl (C=O) groups excluding carboxylic acids is 1. The van der Waals surface area contributed by atoms with Crippen LogP contribution in [-0.4, -0.2) is 24.0 Å². The number of rotatable bonds is 3. The van der Waals surface area contributed by atoms with Crippen molar-refractivity contribution in [1.29, 1.82) is 0 Å². The molecule has 0 aliphatic carbocycles. The maximum absolute atomic E-state index is 12.4. The first-order valence-corrected chi connectivity index (χ1v) is 9.01. The molecule has 0 atom stereocenters. The Kier molecular flexibility index (Phi) is 4.31. The van der Waals surface area contributed by atoms with Crippen molar-refractivity contribution < 1.29 is 22.9 Å². The molecule has 0 unspecified atom stereocenters. The molecule has 0 bridgehead atoms. The highest BCUT2D eigenvalue weighted by atomic mass is 32.2. The number of hydrogen-bond donors (Lipinski definition) is 4. The summed E-state index contributed by atoms with van der Waals surface area (Å²) in [5.41, 5.74) is 7.93. The summed E-state index contributed by atoms with van der Waals surface area (Å²) in [6, 6.07) is 11.7. The van der Waals surface area contributed by atoms with Crippen molar-refractivity contribution in [1.82, 2.24) is 0 Å². The molecule has 7 nitrogen and oxygen atoms in total. The molecule has 3 rings (SSSR count). The molecule has 0 fully saturated rings. The molecule has 0 aliphatic rings. The van der Waals surface area contributed by atoms with Crippen LogP contribution in [0.4, 0.5) is 11.4 Å². The van der Waals surface area contributed by atoms with Crippen LogP contribution in [0.15, 0.2) is 53.4 Å². The smallest absolute Gasteiger partial charge is 0.294 e. The monoisotopic (exact) mass is 372 g/mol. The second kappa shape index (κ2) is 6.32. The van der Waals surface area contributed by atoms with Crippen LogP contribution in [0, 0.1) is 6.92 Å². The highest BCUT2D eigenvalue weighted by molar-refractivity contribution is 7.85. The van der Waals surface area contributed by atoms with Gasteiger partial charge in [0.1, 0.15) is 5.75 Å². The lowest BCUT2D eigenvalue weighted by atomic mass is 10.1. The first-order chi connectivity index (χ1) is 12.1. The SMILES string of the molecule is Cc1cc(C(=O)Nc2ccc3c(O)cc(S(=O)(=O)O)cc3c2)ccc1N. The molecule has 0 heterocycles. The third-order valence-corrected chi connectivity index (χ3v) is 4.82. The highest BCUT2D eigenvalue weighted by Crippen LogP contribution is 2.30. The number of amides is 1. The molecule has 134 valence electrons. The average molecular weight is 372 g/mol. The van der Waals surface area contributed by atoms with Crippen LogP contribution in [-0.2, 0) is 10.1 Å². The lowest BCUT2D eigenvalue weighted by Gasteiger charge is -2.09. The fourth-order valence-corrected chi connectivity index (χ4v) is 3.11. The van der Waals surface area contributed by atoms with Crippen LogP contribution in [0.2, 0.25) is 0 Å². The van der Waals surface area contributed by atoms with Crippen molar-refractivity contribution in [2.24, 2.45) is 0 Å². The Morgan fingerprint density at radius 1 is 1.08 bits per heavy atom. The second-order valence-electron chi connectivity index (χ2n) is 5.88. The summed E-state index contributed by atoms with van der Waals surface area (Å²) in [6.45, 7) is 1.79. The van der Waals surface area contributed by atoms with E-state index in [9.17, 15) is 18.3 Å². The molecule has 0 spiro atoms. The zero-order chi connectivity index (χ0) is 19.1. The van der Waals surface area contributed by atoms with Gasteiger partial charge in [-0.05, 0) is 60.3 Å². The number of nitrogens with one attached hydrogen (secondary N) is 1. The van der Waals surface area contributed by atoms with E-state index in [1.807, 2.05) is 0 Å². The summed E-state index contributed by atoms with van der Waals surface area (Å²) >= 11 is 0. The van der Waals surface area contributed by atoms with Crippen LogP contribution >= 0.6 is 0 Å². The van der Waals surface area contributed by atoms with Gasteiger partial charge in [-0.3, -0.25) is 9.35 Å². The number of fused-ring (bicyclic) bond motifs is 1. The molecular weight excluding hydrogens is 356 g/mol. The number of anilines is 2. The van der Waals surface area contributed by atoms with Crippen LogP contribution in [0.5, 0.6) is 5.75 Å². The van der Waals surface area contributed by atoms with Crippen molar-refractivity contribution in [3.63, 3.8) is 0 Å². The number of aromatic hydroxyl groups is 1. The van der Waals surface area contributed by atoms with E-state index in [0.29, 0.717) is 27.7 Å². The normalized spacial score (nSPS) is 11.5. The first kappa shape index (κ1) is 17.7. The Labute approximate surface area is 149 Å². The molecule has 3 aromatic rings. The minimum atomic E-state index is -4.46. The predicted molar refractivity (Wildman–Crippen MR) is 99.0 cm³/mol. The number of carbonyl (C=O) groups is 1. The van der Waals surface area contributed by atoms with Crippen LogP contribution in [0.3, 0.4) is 0 Å². The van der Waals surface area contributed by atoms with Gasteiger partial charge in [0.05, 0.1) is 4.90 Å². The summed E-state index contributed by atoms with van der Waals surface area (Å²) in [6.07, 6.45) is 0. The molecule has 0 aliphatic heterocycles. The number of benzene rings is 3. The first-order valence-electron chi connectivity index (χ1n) is 7.57. The minimum Gasteiger partial charge on any atom is -0.507 e. The maximum Gasteiger partial charge on any atom is 0.294 e. The Morgan fingerprint density at radius 3 is 2.46 bits per heavy atom. The number of aryl methyl sites for hydroxylation is 1. The van der Waals surface area contributed by atoms with Crippen LogP contribution in [0.1, 0.15) is 15.9 Å². The zero-order valence-electron chi connectivity index (χ0n) is 13.7. The van der Waals surface area contributed by atoms with Crippen LogP contribution < -0.4 is 11.1 Å². The quantitative estimate of drug-likeness (QED) is 0.413. The van der Waals surface area contributed by atoms with Gasteiger partial charge in [0.25, 0.3) is 16.0 Å². The van der Waals surface area contributed by atoms with Gasteiger partial charge in [0.2, 0.25) is 0 Å². The molecule has 26 heavy (non-hydrogen) atoms. The molecule has 0 radical (unpaired) electrons. The van der Waals surface area contributed by atoms with Crippen molar-refractivity contribution in [2.45, 2.75) is 11.8 Å². The van der Waals surface area contributed by atoms with Crippen LogP contribution in [0.25, 0.3) is 10.8 Å². The third kappa shape index (κ3) is 3.46. The van der Waals surface area contributed by atoms with Gasteiger partial charge in [0, 0.05) is 28.4 Å². The van der Waals surface area contributed by atoms with Crippen molar-refractivity contribution in [3.05, 3.63) is 59.7 Å².